The quantitative estimate of drug-likeness (QED) is 0.619. The summed E-state index contributed by atoms with van der Waals surface area (Å²) in [6, 6.07) is 8.81. The number of hydrogen-bond donors (Lipinski definition) is 0. The lowest BCUT2D eigenvalue weighted by Crippen LogP contribution is -2.29. The number of hydrogen-bond acceptors (Lipinski definition) is 3. The molecule has 0 radical (unpaired) electrons. The summed E-state index contributed by atoms with van der Waals surface area (Å²) in [6.07, 6.45) is 1.79. The first-order chi connectivity index (χ1) is 10.5. The molecule has 112 valence electrons. The molecule has 1 aliphatic heterocycles. The lowest BCUT2D eigenvalue weighted by molar-refractivity contribution is 0.0642. The molecule has 0 atom stereocenters. The Labute approximate surface area is 137 Å². The van der Waals surface area contributed by atoms with E-state index < -0.39 is 0 Å². The number of nitrogens with zero attached hydrogens (tertiary/aromatic N) is 2. The zero-order valence-electron chi connectivity index (χ0n) is 12.3. The molecule has 0 bridgehead atoms. The predicted octanol–water partition coefficient (Wildman–Crippen LogP) is 3.76. The molecule has 0 N–H and O–H groups in total. The molecule has 0 saturated carbocycles. The fourth-order valence-electron chi connectivity index (χ4n) is 2.69. The maximum Gasteiger partial charge on any atom is 0.261 e. The molecular formula is C17H15BrN2O2. The van der Waals surface area contributed by atoms with Gasteiger partial charge >= 0.3 is 0 Å². The van der Waals surface area contributed by atoms with Crippen molar-refractivity contribution >= 4 is 27.7 Å². The molecule has 0 unspecified atom stereocenters. The Bertz CT molecular complexity index is 736. The SMILES string of the molecule is CC(C)c1cnc(Br)cc1CN1C(=O)c2ccccc2C1=O. The van der Waals surface area contributed by atoms with E-state index >= 15 is 0 Å². The maximum atomic E-state index is 12.5. The van der Waals surface area contributed by atoms with Crippen LogP contribution in [0.25, 0.3) is 0 Å². The van der Waals surface area contributed by atoms with E-state index in [1.165, 1.54) is 4.90 Å². The van der Waals surface area contributed by atoms with Gasteiger partial charge in [-0.25, -0.2) is 4.98 Å². The molecule has 3 rings (SSSR count). The molecule has 2 amide bonds. The molecule has 4 nitrogen and oxygen atoms in total. The third-order valence-corrected chi connectivity index (χ3v) is 4.25. The van der Waals surface area contributed by atoms with Crippen molar-refractivity contribution in [2.24, 2.45) is 0 Å². The number of aromatic nitrogens is 1. The van der Waals surface area contributed by atoms with Gasteiger partial charge in [0.05, 0.1) is 17.7 Å². The van der Waals surface area contributed by atoms with Gasteiger partial charge in [0.15, 0.2) is 0 Å². The van der Waals surface area contributed by atoms with Gasteiger partial charge in [-0.1, -0.05) is 26.0 Å². The number of benzene rings is 1. The molecule has 0 saturated heterocycles. The van der Waals surface area contributed by atoms with Crippen molar-refractivity contribution in [3.8, 4) is 0 Å². The lowest BCUT2D eigenvalue weighted by Gasteiger charge is -2.18. The number of fused-ring (bicyclic) bond motifs is 1. The van der Waals surface area contributed by atoms with Crippen LogP contribution in [0.4, 0.5) is 0 Å². The van der Waals surface area contributed by atoms with Crippen LogP contribution in [0.1, 0.15) is 51.6 Å². The van der Waals surface area contributed by atoms with Crippen LogP contribution >= 0.6 is 15.9 Å². The van der Waals surface area contributed by atoms with Crippen LogP contribution in [0.2, 0.25) is 0 Å². The van der Waals surface area contributed by atoms with E-state index in [1.807, 2.05) is 6.07 Å². The van der Waals surface area contributed by atoms with Crippen LogP contribution in [0.5, 0.6) is 0 Å². The van der Waals surface area contributed by atoms with Crippen LogP contribution < -0.4 is 0 Å². The fraction of sp³-hybridized carbons (Fsp3) is 0.235. The van der Waals surface area contributed by atoms with E-state index in [9.17, 15) is 9.59 Å². The van der Waals surface area contributed by atoms with Crippen LogP contribution in [0.3, 0.4) is 0 Å². The number of carbonyl (C=O) groups excluding carboxylic acids is 2. The van der Waals surface area contributed by atoms with Gasteiger partial charge in [-0.2, -0.15) is 0 Å². The van der Waals surface area contributed by atoms with Gasteiger partial charge in [-0.05, 0) is 51.2 Å². The van der Waals surface area contributed by atoms with Crippen molar-refractivity contribution in [3.63, 3.8) is 0 Å². The molecule has 2 heterocycles. The molecule has 2 aromatic rings. The van der Waals surface area contributed by atoms with Gasteiger partial charge in [0.2, 0.25) is 0 Å². The molecule has 22 heavy (non-hydrogen) atoms. The Kier molecular flexibility index (Phi) is 3.83. The molecule has 0 spiro atoms. The van der Waals surface area contributed by atoms with E-state index in [0.717, 1.165) is 11.1 Å². The van der Waals surface area contributed by atoms with Crippen LogP contribution in [0.15, 0.2) is 41.1 Å². The molecule has 1 aliphatic rings. The standard InChI is InChI=1S/C17H15BrN2O2/c1-10(2)14-8-19-15(18)7-11(14)9-20-16(21)12-5-3-4-6-13(12)17(20)22/h3-8,10H,9H2,1-2H3. The largest absolute Gasteiger partial charge is 0.270 e. The van der Waals surface area contributed by atoms with Crippen molar-refractivity contribution in [2.75, 3.05) is 0 Å². The number of halogens is 1. The van der Waals surface area contributed by atoms with Gasteiger partial charge in [0.1, 0.15) is 4.60 Å². The maximum absolute atomic E-state index is 12.5. The van der Waals surface area contributed by atoms with Crippen LogP contribution in [0, 0.1) is 0 Å². The van der Waals surface area contributed by atoms with E-state index in [4.69, 9.17) is 0 Å². The van der Waals surface area contributed by atoms with Crippen molar-refractivity contribution in [3.05, 3.63) is 63.4 Å². The summed E-state index contributed by atoms with van der Waals surface area (Å²) in [4.78, 5) is 30.5. The molecule has 0 aliphatic carbocycles. The monoisotopic (exact) mass is 358 g/mol. The summed E-state index contributed by atoms with van der Waals surface area (Å²) in [5.41, 5.74) is 2.93. The minimum atomic E-state index is -0.233. The number of pyridine rings is 1. The van der Waals surface area contributed by atoms with E-state index in [-0.39, 0.29) is 24.3 Å². The third-order valence-electron chi connectivity index (χ3n) is 3.82. The molecule has 1 aromatic heterocycles. The van der Waals surface area contributed by atoms with Gasteiger partial charge in [0, 0.05) is 6.20 Å². The summed E-state index contributed by atoms with van der Waals surface area (Å²) in [6.45, 7) is 4.40. The topological polar surface area (TPSA) is 50.3 Å². The fourth-order valence-corrected chi connectivity index (χ4v) is 3.07. The second-order valence-corrected chi connectivity index (χ2v) is 6.42. The Morgan fingerprint density at radius 3 is 2.27 bits per heavy atom. The Balaban J connectivity index is 1.97. The zero-order chi connectivity index (χ0) is 15.9. The Morgan fingerprint density at radius 2 is 1.73 bits per heavy atom. The highest BCUT2D eigenvalue weighted by molar-refractivity contribution is 9.10. The summed E-state index contributed by atoms with van der Waals surface area (Å²) in [5, 5.41) is 0. The van der Waals surface area contributed by atoms with Gasteiger partial charge in [-0.3, -0.25) is 14.5 Å². The van der Waals surface area contributed by atoms with E-state index in [2.05, 4.69) is 34.8 Å². The van der Waals surface area contributed by atoms with Gasteiger partial charge in [-0.15, -0.1) is 0 Å². The summed E-state index contributed by atoms with van der Waals surface area (Å²) in [5.74, 6) is -0.197. The number of amides is 2. The number of rotatable bonds is 3. The van der Waals surface area contributed by atoms with Gasteiger partial charge < -0.3 is 0 Å². The lowest BCUT2D eigenvalue weighted by atomic mass is 9.99. The van der Waals surface area contributed by atoms with Gasteiger partial charge in [0.25, 0.3) is 11.8 Å². The Hall–Kier alpha value is -2.01. The normalized spacial score (nSPS) is 13.9. The Morgan fingerprint density at radius 1 is 1.14 bits per heavy atom. The number of imide groups is 1. The summed E-state index contributed by atoms with van der Waals surface area (Å²) < 4.78 is 0.698. The first kappa shape index (κ1) is 14.9. The second kappa shape index (κ2) is 5.65. The van der Waals surface area contributed by atoms with Crippen molar-refractivity contribution in [1.82, 2.24) is 9.88 Å². The van der Waals surface area contributed by atoms with E-state index in [1.54, 1.807) is 30.5 Å². The predicted molar refractivity (Wildman–Crippen MR) is 86.7 cm³/mol. The third kappa shape index (κ3) is 2.46. The highest BCUT2D eigenvalue weighted by Gasteiger charge is 2.35. The van der Waals surface area contributed by atoms with Crippen molar-refractivity contribution in [2.45, 2.75) is 26.3 Å². The highest BCUT2D eigenvalue weighted by Crippen LogP contribution is 2.28. The van der Waals surface area contributed by atoms with Crippen molar-refractivity contribution in [1.29, 1.82) is 0 Å². The smallest absolute Gasteiger partial charge is 0.261 e. The van der Waals surface area contributed by atoms with E-state index in [0.29, 0.717) is 15.7 Å². The zero-order valence-corrected chi connectivity index (χ0v) is 13.9. The van der Waals surface area contributed by atoms with Crippen LogP contribution in [-0.2, 0) is 6.54 Å². The first-order valence-electron chi connectivity index (χ1n) is 7.08. The second-order valence-electron chi connectivity index (χ2n) is 5.60. The minimum Gasteiger partial charge on any atom is -0.270 e. The average Bonchev–Trinajstić information content (AvgIpc) is 2.73. The van der Waals surface area contributed by atoms with Crippen molar-refractivity contribution < 1.29 is 9.59 Å². The summed E-state index contributed by atoms with van der Waals surface area (Å²) >= 11 is 3.35. The number of carbonyl (C=O) groups is 2. The molecule has 5 heteroatoms. The first-order valence-corrected chi connectivity index (χ1v) is 7.88. The molecular weight excluding hydrogens is 344 g/mol. The summed E-state index contributed by atoms with van der Waals surface area (Å²) in [7, 11) is 0. The molecule has 0 fully saturated rings. The molecule has 1 aromatic carbocycles. The highest BCUT2D eigenvalue weighted by atomic mass is 79.9. The van der Waals surface area contributed by atoms with Crippen LogP contribution in [-0.4, -0.2) is 21.7 Å². The minimum absolute atomic E-state index is 0.233. The average molecular weight is 359 g/mol.